The Hall–Kier alpha value is -2.93. The summed E-state index contributed by atoms with van der Waals surface area (Å²) >= 11 is 1.63. The molecule has 0 bridgehead atoms. The van der Waals surface area contributed by atoms with Crippen LogP contribution in [0.15, 0.2) is 66.9 Å². The molecule has 4 heterocycles. The number of rotatable bonds is 6. The van der Waals surface area contributed by atoms with Crippen LogP contribution in [0.4, 0.5) is 0 Å². The molecule has 6 nitrogen and oxygen atoms in total. The molecule has 0 saturated heterocycles. The molecule has 4 aromatic rings. The van der Waals surface area contributed by atoms with Crippen molar-refractivity contribution in [1.82, 2.24) is 29.1 Å². The molecular formula is C19H18N6S. The molecule has 7 heteroatoms. The number of aromatic nitrogens is 6. The van der Waals surface area contributed by atoms with Crippen LogP contribution in [0.3, 0.4) is 0 Å². The summed E-state index contributed by atoms with van der Waals surface area (Å²) in [6.45, 7) is 6.58. The van der Waals surface area contributed by atoms with Crippen molar-refractivity contribution in [3.63, 3.8) is 0 Å². The largest absolute Gasteiger partial charge is 0.307 e. The molecule has 0 unspecified atom stereocenters. The van der Waals surface area contributed by atoms with Crippen LogP contribution in [0.1, 0.15) is 11.3 Å². The zero-order valence-corrected chi connectivity index (χ0v) is 15.2. The van der Waals surface area contributed by atoms with Crippen LogP contribution >= 0.6 is 11.8 Å². The van der Waals surface area contributed by atoms with Gasteiger partial charge in [-0.25, -0.2) is 4.98 Å². The van der Waals surface area contributed by atoms with Gasteiger partial charge in [0.1, 0.15) is 5.65 Å². The van der Waals surface area contributed by atoms with Crippen LogP contribution in [0.2, 0.25) is 0 Å². The number of imidazole rings is 1. The van der Waals surface area contributed by atoms with Crippen molar-refractivity contribution in [2.24, 2.45) is 0 Å². The van der Waals surface area contributed by atoms with Crippen LogP contribution in [0.25, 0.3) is 17.0 Å². The molecule has 26 heavy (non-hydrogen) atoms. The van der Waals surface area contributed by atoms with Gasteiger partial charge in [0.2, 0.25) is 0 Å². The third-order valence-corrected chi connectivity index (χ3v) is 5.04. The number of aryl methyl sites for hydroxylation is 1. The Morgan fingerprint density at radius 1 is 1.19 bits per heavy atom. The molecule has 0 aliphatic heterocycles. The molecule has 0 radical (unpaired) electrons. The van der Waals surface area contributed by atoms with E-state index in [0.29, 0.717) is 6.54 Å². The van der Waals surface area contributed by atoms with Crippen molar-refractivity contribution in [2.75, 3.05) is 0 Å². The lowest BCUT2D eigenvalue weighted by atomic mass is 10.2. The molecule has 0 spiro atoms. The zero-order chi connectivity index (χ0) is 17.9. The Bertz CT molecular complexity index is 1050. The lowest BCUT2D eigenvalue weighted by molar-refractivity contribution is 0.731. The van der Waals surface area contributed by atoms with Crippen LogP contribution in [-0.2, 0) is 12.3 Å². The van der Waals surface area contributed by atoms with E-state index in [1.807, 2.05) is 30.5 Å². The molecule has 0 saturated carbocycles. The van der Waals surface area contributed by atoms with Crippen molar-refractivity contribution in [1.29, 1.82) is 0 Å². The number of allylic oxidation sites excluding steroid dienone is 1. The maximum absolute atomic E-state index is 4.72. The molecule has 0 aromatic carbocycles. The lowest BCUT2D eigenvalue weighted by Crippen LogP contribution is -2.00. The van der Waals surface area contributed by atoms with Crippen molar-refractivity contribution in [3.05, 3.63) is 73.0 Å². The van der Waals surface area contributed by atoms with Crippen LogP contribution < -0.4 is 0 Å². The highest BCUT2D eigenvalue weighted by atomic mass is 32.2. The van der Waals surface area contributed by atoms with Crippen molar-refractivity contribution in [2.45, 2.75) is 24.4 Å². The van der Waals surface area contributed by atoms with Gasteiger partial charge in [0.15, 0.2) is 11.0 Å². The van der Waals surface area contributed by atoms with E-state index in [1.54, 1.807) is 24.2 Å². The van der Waals surface area contributed by atoms with Gasteiger partial charge in [-0.3, -0.25) is 9.55 Å². The van der Waals surface area contributed by atoms with E-state index in [2.05, 4.69) is 49.9 Å². The maximum Gasteiger partial charge on any atom is 0.192 e. The Labute approximate surface area is 155 Å². The number of fused-ring (bicyclic) bond motifs is 1. The second kappa shape index (κ2) is 7.13. The average molecular weight is 362 g/mol. The summed E-state index contributed by atoms with van der Waals surface area (Å²) < 4.78 is 4.12. The summed E-state index contributed by atoms with van der Waals surface area (Å²) in [7, 11) is 0. The number of hydrogen-bond donors (Lipinski definition) is 0. The van der Waals surface area contributed by atoms with Gasteiger partial charge in [-0.05, 0) is 30.7 Å². The minimum atomic E-state index is 0.650. The zero-order valence-electron chi connectivity index (χ0n) is 14.4. The number of hydrogen-bond acceptors (Lipinski definition) is 5. The fourth-order valence-corrected chi connectivity index (χ4v) is 3.65. The Morgan fingerprint density at radius 2 is 2.04 bits per heavy atom. The average Bonchev–Trinajstić information content (AvgIpc) is 3.26. The van der Waals surface area contributed by atoms with Gasteiger partial charge in [0, 0.05) is 42.6 Å². The fraction of sp³-hybridized carbons (Fsp3) is 0.158. The molecule has 4 rings (SSSR count). The summed E-state index contributed by atoms with van der Waals surface area (Å²) in [6, 6.07) is 7.97. The molecule has 0 aliphatic carbocycles. The Kier molecular flexibility index (Phi) is 4.53. The second-order valence-electron chi connectivity index (χ2n) is 5.88. The van der Waals surface area contributed by atoms with Crippen molar-refractivity contribution in [3.8, 4) is 11.4 Å². The molecule has 0 atom stereocenters. The summed E-state index contributed by atoms with van der Waals surface area (Å²) in [5.41, 5.74) is 4.17. The van der Waals surface area contributed by atoms with Crippen LogP contribution in [0, 0.1) is 6.92 Å². The molecule has 4 aromatic heterocycles. The first-order valence-corrected chi connectivity index (χ1v) is 9.25. The minimum Gasteiger partial charge on any atom is -0.307 e. The highest BCUT2D eigenvalue weighted by molar-refractivity contribution is 7.98. The summed E-state index contributed by atoms with van der Waals surface area (Å²) in [4.78, 5) is 8.79. The Balaban J connectivity index is 1.60. The topological polar surface area (TPSA) is 60.9 Å². The molecular weight excluding hydrogens is 344 g/mol. The van der Waals surface area contributed by atoms with Gasteiger partial charge in [-0.2, -0.15) is 0 Å². The van der Waals surface area contributed by atoms with Crippen molar-refractivity contribution >= 4 is 17.4 Å². The quantitative estimate of drug-likeness (QED) is 0.386. The first kappa shape index (κ1) is 16.5. The van der Waals surface area contributed by atoms with E-state index in [-0.39, 0.29) is 0 Å². The maximum atomic E-state index is 4.72. The molecule has 0 N–H and O–H groups in total. The van der Waals surface area contributed by atoms with Gasteiger partial charge in [-0.15, -0.1) is 16.8 Å². The smallest absolute Gasteiger partial charge is 0.192 e. The molecule has 0 amide bonds. The number of thioether (sulfide) groups is 1. The first-order chi connectivity index (χ1) is 12.8. The van der Waals surface area contributed by atoms with E-state index in [0.717, 1.165) is 33.6 Å². The highest BCUT2D eigenvalue weighted by Crippen LogP contribution is 2.26. The fourth-order valence-electron chi connectivity index (χ4n) is 2.82. The normalized spacial score (nSPS) is 11.1. The van der Waals surface area contributed by atoms with Gasteiger partial charge in [0.05, 0.1) is 5.69 Å². The van der Waals surface area contributed by atoms with E-state index < -0.39 is 0 Å². The lowest BCUT2D eigenvalue weighted by Gasteiger charge is -2.06. The van der Waals surface area contributed by atoms with Gasteiger partial charge >= 0.3 is 0 Å². The number of pyridine rings is 2. The van der Waals surface area contributed by atoms with Crippen molar-refractivity contribution < 1.29 is 0 Å². The summed E-state index contributed by atoms with van der Waals surface area (Å²) in [5.74, 6) is 1.55. The standard InChI is InChI=1S/C19H18N6S/c1-3-10-25-18(15-6-8-20-9-7-15)22-23-19(25)26-13-16-12-24-11-4-5-14(2)17(24)21-16/h3-9,11-12H,1,10,13H2,2H3. The monoisotopic (exact) mass is 362 g/mol. The highest BCUT2D eigenvalue weighted by Gasteiger charge is 2.14. The third-order valence-electron chi connectivity index (χ3n) is 4.04. The molecule has 0 fully saturated rings. The third kappa shape index (κ3) is 3.13. The number of nitrogens with zero attached hydrogens (tertiary/aromatic N) is 6. The second-order valence-corrected chi connectivity index (χ2v) is 6.83. The SMILES string of the molecule is C=CCn1c(SCc2cn3cccc(C)c3n2)nnc1-c1ccncc1. The van der Waals surface area contributed by atoms with Gasteiger partial charge in [0.25, 0.3) is 0 Å². The summed E-state index contributed by atoms with van der Waals surface area (Å²) in [5, 5.41) is 9.59. The van der Waals surface area contributed by atoms with Gasteiger partial charge in [-0.1, -0.05) is 23.9 Å². The minimum absolute atomic E-state index is 0.650. The predicted octanol–water partition coefficient (Wildman–Crippen LogP) is 3.77. The van der Waals surface area contributed by atoms with E-state index in [4.69, 9.17) is 4.98 Å². The van der Waals surface area contributed by atoms with E-state index in [1.165, 1.54) is 5.56 Å². The first-order valence-electron chi connectivity index (χ1n) is 8.27. The van der Waals surface area contributed by atoms with Gasteiger partial charge < -0.3 is 4.40 Å². The van der Waals surface area contributed by atoms with E-state index >= 15 is 0 Å². The predicted molar refractivity (Wildman–Crippen MR) is 103 cm³/mol. The van der Waals surface area contributed by atoms with Crippen LogP contribution in [-0.4, -0.2) is 29.1 Å². The Morgan fingerprint density at radius 3 is 2.81 bits per heavy atom. The van der Waals surface area contributed by atoms with E-state index in [9.17, 15) is 0 Å². The molecule has 130 valence electrons. The van der Waals surface area contributed by atoms with Crippen LogP contribution in [0.5, 0.6) is 0 Å². The summed E-state index contributed by atoms with van der Waals surface area (Å²) in [6.07, 6.45) is 9.45. The molecule has 0 aliphatic rings.